The fraction of sp³-hybridized carbons (Fsp3) is 0.0400. The van der Waals surface area contributed by atoms with Crippen LogP contribution >= 0.6 is 11.6 Å². The van der Waals surface area contributed by atoms with E-state index in [9.17, 15) is 4.39 Å². The number of aromatic nitrogens is 2. The quantitative estimate of drug-likeness (QED) is 0.318. The molecule has 5 rings (SSSR count). The van der Waals surface area contributed by atoms with E-state index in [1.807, 2.05) is 30.3 Å². The van der Waals surface area contributed by atoms with Crippen molar-refractivity contribution in [3.8, 4) is 0 Å². The number of hydrogen-bond acceptors (Lipinski definition) is 4. The molecule has 0 radical (unpaired) electrons. The van der Waals surface area contributed by atoms with Crippen LogP contribution in [0.5, 0.6) is 0 Å². The lowest BCUT2D eigenvalue weighted by molar-refractivity contribution is 0.628. The van der Waals surface area contributed by atoms with E-state index in [1.165, 1.54) is 34.8 Å². The average Bonchev–Trinajstić information content (AvgIpc) is 2.80. The van der Waals surface area contributed by atoms with E-state index < -0.39 is 5.82 Å². The van der Waals surface area contributed by atoms with Crippen molar-refractivity contribution in [1.82, 2.24) is 9.97 Å². The van der Waals surface area contributed by atoms with Gasteiger partial charge in [0.15, 0.2) is 0 Å². The molecule has 2 N–H and O–H groups in total. The molecule has 0 amide bonds. The minimum atomic E-state index is -0.458. The summed E-state index contributed by atoms with van der Waals surface area (Å²) in [5.41, 5.74) is 3.61. The summed E-state index contributed by atoms with van der Waals surface area (Å²) >= 11 is 5.90. The molecule has 0 unspecified atom stereocenters. The second kappa shape index (κ2) is 8.20. The van der Waals surface area contributed by atoms with Crippen LogP contribution in [0.3, 0.4) is 0 Å². The van der Waals surface area contributed by atoms with Gasteiger partial charge in [0.2, 0.25) is 0 Å². The normalized spacial score (nSPS) is 11.0. The Morgan fingerprint density at radius 1 is 0.806 bits per heavy atom. The highest BCUT2D eigenvalue weighted by Gasteiger charge is 2.08. The molecule has 0 bridgehead atoms. The predicted molar refractivity (Wildman–Crippen MR) is 126 cm³/mol. The van der Waals surface area contributed by atoms with Gasteiger partial charge in [0, 0.05) is 23.3 Å². The summed E-state index contributed by atoms with van der Waals surface area (Å²) in [4.78, 5) is 8.70. The fourth-order valence-corrected chi connectivity index (χ4v) is 3.71. The van der Waals surface area contributed by atoms with Crippen LogP contribution in [-0.4, -0.2) is 9.97 Å². The molecule has 31 heavy (non-hydrogen) atoms. The minimum absolute atomic E-state index is 0.0566. The van der Waals surface area contributed by atoms with Crippen molar-refractivity contribution in [1.29, 1.82) is 0 Å². The first kappa shape index (κ1) is 19.3. The minimum Gasteiger partial charge on any atom is -0.381 e. The molecule has 4 nitrogen and oxygen atoms in total. The molecule has 0 aliphatic rings. The Hall–Kier alpha value is -3.70. The van der Waals surface area contributed by atoms with E-state index in [1.54, 1.807) is 6.07 Å². The van der Waals surface area contributed by atoms with Crippen LogP contribution in [-0.2, 0) is 6.54 Å². The van der Waals surface area contributed by atoms with Gasteiger partial charge in [0.05, 0.1) is 10.5 Å². The zero-order chi connectivity index (χ0) is 21.2. The summed E-state index contributed by atoms with van der Waals surface area (Å²) in [6, 6.07) is 25.2. The molecule has 0 aliphatic carbocycles. The number of fused-ring (bicyclic) bond motifs is 2. The van der Waals surface area contributed by atoms with Crippen LogP contribution in [0.1, 0.15) is 5.56 Å². The largest absolute Gasteiger partial charge is 0.381 e. The van der Waals surface area contributed by atoms with Gasteiger partial charge in [0.25, 0.3) is 0 Å². The summed E-state index contributed by atoms with van der Waals surface area (Å²) in [5.74, 6) is 0.168. The van der Waals surface area contributed by atoms with Crippen molar-refractivity contribution in [3.63, 3.8) is 0 Å². The van der Waals surface area contributed by atoms with E-state index >= 15 is 0 Å². The lowest BCUT2D eigenvalue weighted by Crippen LogP contribution is -2.01. The molecule has 0 atom stereocenters. The lowest BCUT2D eigenvalue weighted by Gasteiger charge is -2.12. The molecule has 0 saturated heterocycles. The van der Waals surface area contributed by atoms with Crippen molar-refractivity contribution in [2.45, 2.75) is 6.54 Å². The number of benzene rings is 4. The van der Waals surface area contributed by atoms with Crippen molar-refractivity contribution < 1.29 is 4.39 Å². The summed E-state index contributed by atoms with van der Waals surface area (Å²) in [6.45, 7) is 0.695. The predicted octanol–water partition coefficient (Wildman–Crippen LogP) is 6.93. The SMILES string of the molecule is Fc1ccc(Nc2ncnc3ccc(NCc4ccc5ccccc5c4)cc23)cc1Cl. The van der Waals surface area contributed by atoms with Crippen molar-refractivity contribution >= 4 is 50.5 Å². The Labute approximate surface area is 183 Å². The molecule has 0 fully saturated rings. The number of halogens is 2. The maximum Gasteiger partial charge on any atom is 0.141 e. The van der Waals surface area contributed by atoms with Gasteiger partial charge >= 0.3 is 0 Å². The first-order valence-corrected chi connectivity index (χ1v) is 10.2. The molecule has 0 saturated carbocycles. The van der Waals surface area contributed by atoms with Gasteiger partial charge in [0.1, 0.15) is 18.0 Å². The van der Waals surface area contributed by atoms with Gasteiger partial charge in [-0.1, -0.05) is 48.0 Å². The number of rotatable bonds is 5. The van der Waals surface area contributed by atoms with Crippen LogP contribution in [0.15, 0.2) is 85.2 Å². The van der Waals surface area contributed by atoms with Crippen LogP contribution in [0.2, 0.25) is 5.02 Å². The first-order valence-electron chi connectivity index (χ1n) is 9.84. The van der Waals surface area contributed by atoms with E-state index in [0.717, 1.165) is 16.6 Å². The first-order chi connectivity index (χ1) is 15.2. The third kappa shape index (κ3) is 4.13. The second-order valence-corrected chi connectivity index (χ2v) is 7.65. The molecule has 6 heteroatoms. The summed E-state index contributed by atoms with van der Waals surface area (Å²) in [5, 5.41) is 10.0. The molecule has 152 valence electrons. The fourth-order valence-electron chi connectivity index (χ4n) is 3.53. The van der Waals surface area contributed by atoms with Crippen LogP contribution in [0.4, 0.5) is 21.6 Å². The van der Waals surface area contributed by atoms with Gasteiger partial charge < -0.3 is 10.6 Å². The van der Waals surface area contributed by atoms with Gasteiger partial charge in [-0.2, -0.15) is 0 Å². The van der Waals surface area contributed by atoms with E-state index in [0.29, 0.717) is 18.1 Å². The monoisotopic (exact) mass is 428 g/mol. The van der Waals surface area contributed by atoms with E-state index in [-0.39, 0.29) is 5.02 Å². The van der Waals surface area contributed by atoms with Gasteiger partial charge in [-0.25, -0.2) is 14.4 Å². The second-order valence-electron chi connectivity index (χ2n) is 7.24. The Morgan fingerprint density at radius 2 is 1.65 bits per heavy atom. The Morgan fingerprint density at radius 3 is 2.52 bits per heavy atom. The standard InChI is InChI=1S/C25H18ClFN4/c26-22-13-20(7-9-23(22)27)31-25-21-12-19(8-10-24(21)29-15-30-25)28-14-16-5-6-17-3-1-2-4-18(17)11-16/h1-13,15,28H,14H2,(H,29,30,31). The topological polar surface area (TPSA) is 49.8 Å². The maximum absolute atomic E-state index is 13.5. The summed E-state index contributed by atoms with van der Waals surface area (Å²) in [6.07, 6.45) is 1.50. The highest BCUT2D eigenvalue weighted by Crippen LogP contribution is 2.28. The van der Waals surface area contributed by atoms with Crippen LogP contribution in [0, 0.1) is 5.82 Å². The Bertz CT molecular complexity index is 1400. The highest BCUT2D eigenvalue weighted by atomic mass is 35.5. The zero-order valence-electron chi connectivity index (χ0n) is 16.4. The van der Waals surface area contributed by atoms with Crippen molar-refractivity contribution in [3.05, 3.63) is 102 Å². The highest BCUT2D eigenvalue weighted by molar-refractivity contribution is 6.31. The zero-order valence-corrected chi connectivity index (χ0v) is 17.2. The molecular weight excluding hydrogens is 411 g/mol. The van der Waals surface area contributed by atoms with Crippen LogP contribution < -0.4 is 10.6 Å². The van der Waals surface area contributed by atoms with E-state index in [4.69, 9.17) is 11.6 Å². The molecule has 4 aromatic carbocycles. The molecule has 0 spiro atoms. The average molecular weight is 429 g/mol. The molecule has 5 aromatic rings. The third-order valence-electron chi connectivity index (χ3n) is 5.13. The Kier molecular flexibility index (Phi) is 5.10. The lowest BCUT2D eigenvalue weighted by atomic mass is 10.1. The number of hydrogen-bond donors (Lipinski definition) is 2. The number of nitrogens with one attached hydrogen (secondary N) is 2. The number of nitrogens with zero attached hydrogens (tertiary/aromatic N) is 2. The van der Waals surface area contributed by atoms with Gasteiger partial charge in [-0.15, -0.1) is 0 Å². The van der Waals surface area contributed by atoms with E-state index in [2.05, 4.69) is 50.9 Å². The van der Waals surface area contributed by atoms with Crippen LogP contribution in [0.25, 0.3) is 21.7 Å². The van der Waals surface area contributed by atoms with Crippen molar-refractivity contribution in [2.75, 3.05) is 10.6 Å². The molecule has 0 aliphatic heterocycles. The molecule has 1 heterocycles. The van der Waals surface area contributed by atoms with Crippen molar-refractivity contribution in [2.24, 2.45) is 0 Å². The summed E-state index contributed by atoms with van der Waals surface area (Å²) in [7, 11) is 0. The number of anilines is 3. The maximum atomic E-state index is 13.5. The summed E-state index contributed by atoms with van der Waals surface area (Å²) < 4.78 is 13.5. The molecule has 1 aromatic heterocycles. The Balaban J connectivity index is 1.40. The third-order valence-corrected chi connectivity index (χ3v) is 5.42. The smallest absolute Gasteiger partial charge is 0.141 e. The van der Waals surface area contributed by atoms with Gasteiger partial charge in [-0.3, -0.25) is 0 Å². The van der Waals surface area contributed by atoms with Gasteiger partial charge in [-0.05, 0) is 58.8 Å². The molecular formula is C25H18ClFN4.